The molecule has 1 aromatic heterocycles. The van der Waals surface area contributed by atoms with Crippen LogP contribution in [-0.4, -0.2) is 10.9 Å². The third-order valence-corrected chi connectivity index (χ3v) is 2.93. The van der Waals surface area contributed by atoms with Crippen LogP contribution in [0.2, 0.25) is 0 Å². The number of aromatic nitrogens is 1. The summed E-state index contributed by atoms with van der Waals surface area (Å²) in [6, 6.07) is 9.88. The number of rotatable bonds is 4. The molecule has 3 nitrogen and oxygen atoms in total. The Kier molecular flexibility index (Phi) is 3.38. The fourth-order valence-corrected chi connectivity index (χ4v) is 2.04. The third kappa shape index (κ3) is 2.44. The molecule has 0 aliphatic heterocycles. The quantitative estimate of drug-likeness (QED) is 0.874. The van der Waals surface area contributed by atoms with Gasteiger partial charge in [-0.1, -0.05) is 31.5 Å². The van der Waals surface area contributed by atoms with Crippen LogP contribution in [0.25, 0.3) is 10.9 Å². The van der Waals surface area contributed by atoms with Gasteiger partial charge in [0.25, 0.3) is 0 Å². The molecule has 0 aliphatic carbocycles. The summed E-state index contributed by atoms with van der Waals surface area (Å²) in [5.41, 5.74) is 7.29. The lowest BCUT2D eigenvalue weighted by atomic mass is 9.94. The predicted octanol–water partition coefficient (Wildman–Crippen LogP) is 2.60. The van der Waals surface area contributed by atoms with Gasteiger partial charge in [-0.2, -0.15) is 0 Å². The number of nitrogens with zero attached hydrogens (tertiary/aromatic N) is 1. The molecule has 3 heteroatoms. The maximum Gasteiger partial charge on any atom is 0.225 e. The number of nitrogens with two attached hydrogens (primary N) is 1. The van der Waals surface area contributed by atoms with Gasteiger partial charge in [0.1, 0.15) is 0 Å². The SMILES string of the molecule is CCCC(C(N)=O)c1cnc2ccccc2c1. The summed E-state index contributed by atoms with van der Waals surface area (Å²) in [5, 5.41) is 1.05. The van der Waals surface area contributed by atoms with Gasteiger partial charge in [0.05, 0.1) is 11.4 Å². The van der Waals surface area contributed by atoms with E-state index in [1.165, 1.54) is 0 Å². The van der Waals surface area contributed by atoms with Crippen molar-refractivity contribution in [3.8, 4) is 0 Å². The number of fused-ring (bicyclic) bond motifs is 1. The molecule has 1 amide bonds. The average molecular weight is 228 g/mol. The first-order chi connectivity index (χ1) is 8.22. The molecule has 0 saturated carbocycles. The number of amides is 1. The standard InChI is InChI=1S/C14H16N2O/c1-2-5-12(14(15)17)11-8-10-6-3-4-7-13(10)16-9-11/h3-4,6-9,12H,2,5H2,1H3,(H2,15,17). The largest absolute Gasteiger partial charge is 0.369 e. The lowest BCUT2D eigenvalue weighted by Gasteiger charge is -2.12. The Morgan fingerprint density at radius 1 is 1.41 bits per heavy atom. The zero-order valence-electron chi connectivity index (χ0n) is 9.89. The maximum absolute atomic E-state index is 11.4. The van der Waals surface area contributed by atoms with Gasteiger partial charge in [-0.15, -0.1) is 0 Å². The lowest BCUT2D eigenvalue weighted by molar-refractivity contribution is -0.119. The van der Waals surface area contributed by atoms with Gasteiger partial charge < -0.3 is 5.73 Å². The van der Waals surface area contributed by atoms with Crippen LogP contribution in [0.5, 0.6) is 0 Å². The van der Waals surface area contributed by atoms with Crippen LogP contribution in [-0.2, 0) is 4.79 Å². The van der Waals surface area contributed by atoms with Crippen molar-refractivity contribution in [1.29, 1.82) is 0 Å². The lowest BCUT2D eigenvalue weighted by Crippen LogP contribution is -2.21. The zero-order chi connectivity index (χ0) is 12.3. The molecule has 0 aliphatic rings. The molecule has 1 atom stereocenters. The second-order valence-corrected chi connectivity index (χ2v) is 4.20. The molecule has 2 N–H and O–H groups in total. The van der Waals surface area contributed by atoms with E-state index in [1.54, 1.807) is 6.20 Å². The molecule has 1 aromatic carbocycles. The molecule has 88 valence electrons. The number of para-hydroxylation sites is 1. The number of primary amides is 1. The maximum atomic E-state index is 11.4. The van der Waals surface area contributed by atoms with E-state index in [-0.39, 0.29) is 11.8 Å². The van der Waals surface area contributed by atoms with Crippen molar-refractivity contribution in [2.45, 2.75) is 25.7 Å². The van der Waals surface area contributed by atoms with Gasteiger partial charge in [0.2, 0.25) is 5.91 Å². The fourth-order valence-electron chi connectivity index (χ4n) is 2.04. The number of benzene rings is 1. The molecule has 0 fully saturated rings. The van der Waals surface area contributed by atoms with Gasteiger partial charge in [-0.25, -0.2) is 0 Å². The molecule has 0 saturated heterocycles. The van der Waals surface area contributed by atoms with Gasteiger partial charge in [0.15, 0.2) is 0 Å². The van der Waals surface area contributed by atoms with Crippen LogP contribution in [0.1, 0.15) is 31.2 Å². The van der Waals surface area contributed by atoms with Crippen molar-refractivity contribution in [2.75, 3.05) is 0 Å². The molecular formula is C14H16N2O. The highest BCUT2D eigenvalue weighted by molar-refractivity contribution is 5.84. The van der Waals surface area contributed by atoms with Gasteiger partial charge >= 0.3 is 0 Å². The van der Waals surface area contributed by atoms with E-state index >= 15 is 0 Å². The first-order valence-corrected chi connectivity index (χ1v) is 5.86. The number of pyridine rings is 1. The van der Waals surface area contributed by atoms with E-state index in [0.29, 0.717) is 0 Å². The Hall–Kier alpha value is -1.90. The van der Waals surface area contributed by atoms with Crippen molar-refractivity contribution < 1.29 is 4.79 Å². The van der Waals surface area contributed by atoms with E-state index in [0.717, 1.165) is 29.3 Å². The van der Waals surface area contributed by atoms with E-state index in [1.807, 2.05) is 37.3 Å². The molecule has 2 rings (SSSR count). The number of hydrogen-bond acceptors (Lipinski definition) is 2. The van der Waals surface area contributed by atoms with Crippen molar-refractivity contribution in [1.82, 2.24) is 4.98 Å². The summed E-state index contributed by atoms with van der Waals surface area (Å²) in [6.07, 6.45) is 3.46. The zero-order valence-corrected chi connectivity index (χ0v) is 9.89. The van der Waals surface area contributed by atoms with Crippen molar-refractivity contribution >= 4 is 16.8 Å². The summed E-state index contributed by atoms with van der Waals surface area (Å²) in [5.74, 6) is -0.499. The number of carbonyl (C=O) groups excluding carboxylic acids is 1. The smallest absolute Gasteiger partial charge is 0.225 e. The van der Waals surface area contributed by atoms with Crippen LogP contribution in [0.4, 0.5) is 0 Å². The summed E-state index contributed by atoms with van der Waals surface area (Å²) < 4.78 is 0. The highest BCUT2D eigenvalue weighted by atomic mass is 16.1. The molecule has 0 radical (unpaired) electrons. The minimum atomic E-state index is -0.274. The molecule has 0 bridgehead atoms. The Bertz CT molecular complexity index is 536. The molecular weight excluding hydrogens is 212 g/mol. The van der Waals surface area contributed by atoms with Crippen LogP contribution < -0.4 is 5.73 Å². The third-order valence-electron chi connectivity index (χ3n) is 2.93. The molecule has 0 spiro atoms. The Morgan fingerprint density at radius 3 is 2.88 bits per heavy atom. The van der Waals surface area contributed by atoms with Gasteiger partial charge in [0, 0.05) is 11.6 Å². The van der Waals surface area contributed by atoms with Crippen LogP contribution in [0.15, 0.2) is 36.5 Å². The number of hydrogen-bond donors (Lipinski definition) is 1. The van der Waals surface area contributed by atoms with Gasteiger partial charge in [-0.05, 0) is 24.1 Å². The van der Waals surface area contributed by atoms with Crippen LogP contribution in [0, 0.1) is 0 Å². The first-order valence-electron chi connectivity index (χ1n) is 5.86. The molecule has 1 heterocycles. The summed E-state index contributed by atoms with van der Waals surface area (Å²) in [7, 11) is 0. The average Bonchev–Trinajstić information content (AvgIpc) is 2.35. The van der Waals surface area contributed by atoms with Crippen LogP contribution >= 0.6 is 0 Å². The van der Waals surface area contributed by atoms with Crippen molar-refractivity contribution in [2.24, 2.45) is 5.73 Å². The second kappa shape index (κ2) is 4.95. The van der Waals surface area contributed by atoms with E-state index < -0.39 is 0 Å². The van der Waals surface area contributed by atoms with Crippen molar-refractivity contribution in [3.05, 3.63) is 42.1 Å². The minimum Gasteiger partial charge on any atom is -0.369 e. The summed E-state index contributed by atoms with van der Waals surface area (Å²) in [6.45, 7) is 2.05. The van der Waals surface area contributed by atoms with E-state index in [4.69, 9.17) is 5.73 Å². The molecule has 2 aromatic rings. The number of carbonyl (C=O) groups is 1. The van der Waals surface area contributed by atoms with Crippen LogP contribution in [0.3, 0.4) is 0 Å². The highest BCUT2D eigenvalue weighted by Gasteiger charge is 2.17. The van der Waals surface area contributed by atoms with E-state index in [2.05, 4.69) is 4.98 Å². The van der Waals surface area contributed by atoms with E-state index in [9.17, 15) is 4.79 Å². The fraction of sp³-hybridized carbons (Fsp3) is 0.286. The highest BCUT2D eigenvalue weighted by Crippen LogP contribution is 2.23. The van der Waals surface area contributed by atoms with Gasteiger partial charge in [-0.3, -0.25) is 9.78 Å². The second-order valence-electron chi connectivity index (χ2n) is 4.20. The molecule has 17 heavy (non-hydrogen) atoms. The topological polar surface area (TPSA) is 56.0 Å². The minimum absolute atomic E-state index is 0.225. The molecule has 1 unspecified atom stereocenters. The summed E-state index contributed by atoms with van der Waals surface area (Å²) >= 11 is 0. The first kappa shape index (κ1) is 11.6. The Balaban J connectivity index is 2.43. The summed E-state index contributed by atoms with van der Waals surface area (Å²) in [4.78, 5) is 15.8. The monoisotopic (exact) mass is 228 g/mol. The van der Waals surface area contributed by atoms with Crippen molar-refractivity contribution in [3.63, 3.8) is 0 Å². The predicted molar refractivity (Wildman–Crippen MR) is 68.6 cm³/mol. The Morgan fingerprint density at radius 2 is 2.18 bits per heavy atom. The normalized spacial score (nSPS) is 12.5. The Labute approximate surface area is 101 Å².